The molecule has 1 N–H and O–H groups in total. The SMILES string of the molecule is CCOC(=O)N=S1(=O)CCN(c2c(OC)cc(O)c3c(=O)cc(-c4ccc(N5CCN(C)CC5)cc4)oc23)CC1. The van der Waals surface area contributed by atoms with Crippen molar-refractivity contribution < 1.29 is 28.0 Å². The molecule has 0 bridgehead atoms. The van der Waals surface area contributed by atoms with Gasteiger partial charge in [0.1, 0.15) is 28.3 Å². The highest BCUT2D eigenvalue weighted by Crippen LogP contribution is 2.42. The van der Waals surface area contributed by atoms with Crippen molar-refractivity contribution in [2.24, 2.45) is 4.36 Å². The summed E-state index contributed by atoms with van der Waals surface area (Å²) in [6, 6.07) is 10.6. The molecule has 3 heterocycles. The molecule has 2 saturated heterocycles. The Balaban J connectivity index is 1.51. The van der Waals surface area contributed by atoms with Crippen molar-refractivity contribution in [1.29, 1.82) is 0 Å². The van der Waals surface area contributed by atoms with Gasteiger partial charge in [-0.25, -0.2) is 9.00 Å². The molecule has 1 amide bonds. The Morgan fingerprint density at radius 3 is 2.35 bits per heavy atom. The van der Waals surface area contributed by atoms with Gasteiger partial charge in [0.15, 0.2) is 11.0 Å². The van der Waals surface area contributed by atoms with Crippen molar-refractivity contribution in [1.82, 2.24) is 4.90 Å². The first-order valence-corrected chi connectivity index (χ1v) is 15.1. The van der Waals surface area contributed by atoms with Crippen molar-refractivity contribution in [2.45, 2.75) is 6.92 Å². The van der Waals surface area contributed by atoms with E-state index in [0.29, 0.717) is 17.2 Å². The van der Waals surface area contributed by atoms with Gasteiger partial charge < -0.3 is 33.7 Å². The molecule has 40 heavy (non-hydrogen) atoms. The molecule has 0 saturated carbocycles. The van der Waals surface area contributed by atoms with Crippen LogP contribution in [-0.2, 0) is 14.5 Å². The van der Waals surface area contributed by atoms with Crippen LogP contribution in [0.5, 0.6) is 11.5 Å². The number of methoxy groups -OCH3 is 1. The average Bonchev–Trinajstić information content (AvgIpc) is 2.94. The number of amides is 1. The number of phenols is 1. The van der Waals surface area contributed by atoms with Gasteiger partial charge in [0.2, 0.25) is 0 Å². The zero-order valence-electron chi connectivity index (χ0n) is 22.9. The first-order chi connectivity index (χ1) is 19.2. The monoisotopic (exact) mass is 570 g/mol. The van der Waals surface area contributed by atoms with Gasteiger partial charge >= 0.3 is 6.09 Å². The Bertz CT molecular complexity index is 1570. The van der Waals surface area contributed by atoms with Crippen molar-refractivity contribution in [3.05, 3.63) is 46.6 Å². The smallest absolute Gasteiger partial charge is 0.441 e. The third-order valence-corrected chi connectivity index (χ3v) is 9.47. The second-order valence-corrected chi connectivity index (χ2v) is 12.5. The second-order valence-electron chi connectivity index (χ2n) is 9.92. The summed E-state index contributed by atoms with van der Waals surface area (Å²) in [6.07, 6.45) is -0.831. The summed E-state index contributed by atoms with van der Waals surface area (Å²) >= 11 is 0. The number of anilines is 2. The van der Waals surface area contributed by atoms with E-state index in [2.05, 4.69) is 21.2 Å². The van der Waals surface area contributed by atoms with Crippen LogP contribution in [0, 0.1) is 0 Å². The predicted octanol–water partition coefficient (Wildman–Crippen LogP) is 3.37. The highest BCUT2D eigenvalue weighted by molar-refractivity contribution is 7.94. The van der Waals surface area contributed by atoms with E-state index < -0.39 is 15.8 Å². The number of aromatic hydroxyl groups is 1. The molecular formula is C28H34N4O7S. The molecule has 2 aromatic carbocycles. The minimum atomic E-state index is -2.79. The fourth-order valence-corrected chi connectivity index (χ4v) is 6.82. The van der Waals surface area contributed by atoms with Gasteiger partial charge in [-0.2, -0.15) is 0 Å². The molecular weight excluding hydrogens is 536 g/mol. The number of carbonyl (C=O) groups is 1. The number of benzene rings is 2. The van der Waals surface area contributed by atoms with Crippen molar-refractivity contribution in [3.63, 3.8) is 0 Å². The fourth-order valence-electron chi connectivity index (χ4n) is 5.10. The summed E-state index contributed by atoms with van der Waals surface area (Å²) < 4.78 is 33.7. The van der Waals surface area contributed by atoms with Crippen LogP contribution in [0.3, 0.4) is 0 Å². The Morgan fingerprint density at radius 1 is 1.05 bits per heavy atom. The summed E-state index contributed by atoms with van der Waals surface area (Å²) in [4.78, 5) is 31.6. The lowest BCUT2D eigenvalue weighted by atomic mass is 10.1. The molecule has 2 aliphatic heterocycles. The van der Waals surface area contributed by atoms with Crippen LogP contribution in [-0.4, -0.2) is 91.8 Å². The summed E-state index contributed by atoms with van der Waals surface area (Å²) in [6.45, 7) is 6.24. The number of ether oxygens (including phenoxy) is 2. The molecule has 5 rings (SSSR count). The van der Waals surface area contributed by atoms with Gasteiger partial charge in [-0.15, -0.1) is 4.36 Å². The Labute approximate surface area is 233 Å². The standard InChI is InChI=1S/C28H34N4O7S/c1-4-38-28(35)29-40(36)15-13-32(14-16-40)26-24(37-3)18-22(34)25-21(33)17-23(39-27(25)26)19-5-7-20(8-6-19)31-11-9-30(2)10-12-31/h5-8,17-18,34H,4,9-16H2,1-3H3. The zero-order chi connectivity index (χ0) is 28.4. The summed E-state index contributed by atoms with van der Waals surface area (Å²) in [7, 11) is 0.790. The number of fused-ring (bicyclic) bond motifs is 1. The minimum Gasteiger partial charge on any atom is -0.507 e. The van der Waals surface area contributed by atoms with E-state index in [9.17, 15) is 18.9 Å². The van der Waals surface area contributed by atoms with Gasteiger partial charge in [0, 0.05) is 74.2 Å². The quantitative estimate of drug-likeness (QED) is 0.488. The number of phenolic OH excluding ortho intramolecular Hbond substituents is 1. The topological polar surface area (TPSA) is 125 Å². The van der Waals surface area contributed by atoms with E-state index in [1.807, 2.05) is 29.2 Å². The maximum absolute atomic E-state index is 13.3. The zero-order valence-corrected chi connectivity index (χ0v) is 23.7. The number of likely N-dealkylation sites (N-methyl/N-ethyl adjacent to an activating group) is 1. The van der Waals surface area contributed by atoms with Gasteiger partial charge in [-0.3, -0.25) is 4.79 Å². The van der Waals surface area contributed by atoms with Crippen molar-refractivity contribution in [2.75, 3.05) is 81.3 Å². The molecule has 0 unspecified atom stereocenters. The minimum absolute atomic E-state index is 0.0381. The van der Waals surface area contributed by atoms with Crippen LogP contribution in [0.4, 0.5) is 16.2 Å². The lowest BCUT2D eigenvalue weighted by molar-refractivity contribution is 0.164. The van der Waals surface area contributed by atoms with E-state index in [-0.39, 0.29) is 53.3 Å². The molecule has 2 aliphatic rings. The molecule has 0 radical (unpaired) electrons. The average molecular weight is 571 g/mol. The Morgan fingerprint density at radius 2 is 1.73 bits per heavy atom. The first kappa shape index (κ1) is 27.8. The van der Waals surface area contributed by atoms with Gasteiger partial charge in [-0.05, 0) is 38.2 Å². The molecule has 11 nitrogen and oxygen atoms in total. The predicted molar refractivity (Wildman–Crippen MR) is 155 cm³/mol. The number of hydrogen-bond acceptors (Lipinski definition) is 10. The molecule has 0 atom stereocenters. The molecule has 1 aromatic heterocycles. The number of piperazine rings is 1. The lowest BCUT2D eigenvalue weighted by Crippen LogP contribution is -2.44. The van der Waals surface area contributed by atoms with Crippen LogP contribution in [0.25, 0.3) is 22.3 Å². The van der Waals surface area contributed by atoms with E-state index in [1.165, 1.54) is 19.2 Å². The van der Waals surface area contributed by atoms with Gasteiger partial charge in [-0.1, -0.05) is 0 Å². The van der Waals surface area contributed by atoms with Crippen LogP contribution in [0.2, 0.25) is 0 Å². The maximum atomic E-state index is 13.3. The molecule has 0 spiro atoms. The number of hydrogen-bond donors (Lipinski definition) is 1. The van der Waals surface area contributed by atoms with Crippen LogP contribution in [0.15, 0.2) is 50.0 Å². The van der Waals surface area contributed by atoms with E-state index >= 15 is 0 Å². The fraction of sp³-hybridized carbons (Fsp3) is 0.429. The summed E-state index contributed by atoms with van der Waals surface area (Å²) in [5.74, 6) is 0.657. The molecule has 214 valence electrons. The highest BCUT2D eigenvalue weighted by atomic mass is 32.2. The maximum Gasteiger partial charge on any atom is 0.441 e. The Hall–Kier alpha value is -3.77. The number of rotatable bonds is 5. The van der Waals surface area contributed by atoms with Gasteiger partial charge in [0.25, 0.3) is 0 Å². The number of nitrogens with zero attached hydrogens (tertiary/aromatic N) is 4. The lowest BCUT2D eigenvalue weighted by Gasteiger charge is -2.34. The van der Waals surface area contributed by atoms with Crippen molar-refractivity contribution >= 4 is 38.2 Å². The second kappa shape index (κ2) is 11.4. The Kier molecular flexibility index (Phi) is 7.90. The largest absolute Gasteiger partial charge is 0.507 e. The summed E-state index contributed by atoms with van der Waals surface area (Å²) in [5, 5.41) is 10.7. The molecule has 2 fully saturated rings. The third kappa shape index (κ3) is 5.59. The molecule has 3 aromatic rings. The van der Waals surface area contributed by atoms with Crippen molar-refractivity contribution in [3.8, 4) is 22.8 Å². The summed E-state index contributed by atoms with van der Waals surface area (Å²) in [5.41, 5.74) is 2.09. The van der Waals surface area contributed by atoms with Crippen LogP contribution < -0.4 is 20.0 Å². The van der Waals surface area contributed by atoms with Crippen LogP contribution >= 0.6 is 0 Å². The molecule has 12 heteroatoms. The third-order valence-electron chi connectivity index (χ3n) is 7.35. The van der Waals surface area contributed by atoms with Gasteiger partial charge in [0.05, 0.1) is 23.4 Å². The van der Waals surface area contributed by atoms with E-state index in [0.717, 1.165) is 37.4 Å². The number of carbonyl (C=O) groups excluding carboxylic acids is 1. The van der Waals surface area contributed by atoms with E-state index in [1.54, 1.807) is 6.92 Å². The first-order valence-electron chi connectivity index (χ1n) is 13.3. The van der Waals surface area contributed by atoms with Crippen LogP contribution in [0.1, 0.15) is 6.92 Å². The molecule has 0 aliphatic carbocycles. The highest BCUT2D eigenvalue weighted by Gasteiger charge is 2.29. The van der Waals surface area contributed by atoms with E-state index in [4.69, 9.17) is 13.9 Å². The normalized spacial score (nSPS) is 17.6.